The summed E-state index contributed by atoms with van der Waals surface area (Å²) in [5.41, 5.74) is 2.42. The SMILES string of the molecule is Cc1ccc(F)cc1C1CCNC(C)C1. The molecule has 15 heavy (non-hydrogen) atoms. The lowest BCUT2D eigenvalue weighted by atomic mass is 9.85. The first kappa shape index (κ1) is 10.6. The highest BCUT2D eigenvalue weighted by molar-refractivity contribution is 5.30. The van der Waals surface area contributed by atoms with Crippen LogP contribution < -0.4 is 5.32 Å². The van der Waals surface area contributed by atoms with Crippen LogP contribution >= 0.6 is 0 Å². The first-order valence-corrected chi connectivity index (χ1v) is 5.66. The van der Waals surface area contributed by atoms with Crippen LogP contribution in [0.15, 0.2) is 18.2 Å². The average Bonchev–Trinajstić information content (AvgIpc) is 2.22. The van der Waals surface area contributed by atoms with Gasteiger partial charge in [-0.1, -0.05) is 6.07 Å². The minimum absolute atomic E-state index is 0.109. The number of rotatable bonds is 1. The van der Waals surface area contributed by atoms with Crippen LogP contribution in [0.2, 0.25) is 0 Å². The number of benzene rings is 1. The lowest BCUT2D eigenvalue weighted by Gasteiger charge is -2.29. The predicted molar refractivity (Wildman–Crippen MR) is 60.6 cm³/mol. The molecule has 2 rings (SSSR count). The van der Waals surface area contributed by atoms with Gasteiger partial charge in [0.15, 0.2) is 0 Å². The zero-order chi connectivity index (χ0) is 10.8. The second-order valence-electron chi connectivity index (χ2n) is 4.58. The maximum atomic E-state index is 13.2. The fraction of sp³-hybridized carbons (Fsp3) is 0.538. The Balaban J connectivity index is 2.24. The van der Waals surface area contributed by atoms with Crippen molar-refractivity contribution in [3.05, 3.63) is 35.1 Å². The van der Waals surface area contributed by atoms with Crippen molar-refractivity contribution in [1.29, 1.82) is 0 Å². The third-order valence-electron chi connectivity index (χ3n) is 3.30. The molecule has 1 saturated heterocycles. The molecule has 0 spiro atoms. The molecule has 0 radical (unpaired) electrons. The van der Waals surface area contributed by atoms with E-state index in [1.54, 1.807) is 12.1 Å². The molecule has 0 aliphatic carbocycles. The highest BCUT2D eigenvalue weighted by atomic mass is 19.1. The topological polar surface area (TPSA) is 12.0 Å². The standard InChI is InChI=1S/C13H18FN/c1-9-3-4-12(14)8-13(9)11-5-6-15-10(2)7-11/h3-4,8,10-11,15H,5-7H2,1-2H3. The Bertz CT molecular complexity index is 348. The minimum atomic E-state index is -0.109. The average molecular weight is 207 g/mol. The number of hydrogen-bond acceptors (Lipinski definition) is 1. The quantitative estimate of drug-likeness (QED) is 0.746. The first-order chi connectivity index (χ1) is 7.16. The number of hydrogen-bond donors (Lipinski definition) is 1. The van der Waals surface area contributed by atoms with E-state index >= 15 is 0 Å². The van der Waals surface area contributed by atoms with Crippen LogP contribution in [0.3, 0.4) is 0 Å². The van der Waals surface area contributed by atoms with Gasteiger partial charge in [0.1, 0.15) is 5.82 Å². The Hall–Kier alpha value is -0.890. The molecule has 0 saturated carbocycles. The first-order valence-electron chi connectivity index (χ1n) is 5.66. The van der Waals surface area contributed by atoms with Crippen LogP contribution in [0.1, 0.15) is 36.8 Å². The molecular formula is C13H18FN. The van der Waals surface area contributed by atoms with Gasteiger partial charge in [-0.3, -0.25) is 0 Å². The summed E-state index contributed by atoms with van der Waals surface area (Å²) in [4.78, 5) is 0. The number of halogens is 1. The van der Waals surface area contributed by atoms with E-state index in [0.717, 1.165) is 19.4 Å². The summed E-state index contributed by atoms with van der Waals surface area (Å²) < 4.78 is 13.2. The molecule has 2 heteroatoms. The Kier molecular flexibility index (Phi) is 3.06. The number of aryl methyl sites for hydroxylation is 1. The van der Waals surface area contributed by atoms with Crippen LogP contribution in [-0.4, -0.2) is 12.6 Å². The smallest absolute Gasteiger partial charge is 0.123 e. The largest absolute Gasteiger partial charge is 0.314 e. The molecule has 1 nitrogen and oxygen atoms in total. The van der Waals surface area contributed by atoms with Gasteiger partial charge in [-0.15, -0.1) is 0 Å². The lowest BCUT2D eigenvalue weighted by Crippen LogP contribution is -2.35. The van der Waals surface area contributed by atoms with Gasteiger partial charge in [-0.05, 0) is 62.4 Å². The van der Waals surface area contributed by atoms with E-state index in [-0.39, 0.29) is 5.82 Å². The number of nitrogens with one attached hydrogen (secondary N) is 1. The molecule has 2 unspecified atom stereocenters. The molecular weight excluding hydrogens is 189 g/mol. The zero-order valence-electron chi connectivity index (χ0n) is 9.39. The molecule has 1 fully saturated rings. The van der Waals surface area contributed by atoms with Gasteiger partial charge in [0.2, 0.25) is 0 Å². The predicted octanol–water partition coefficient (Wildman–Crippen LogP) is 2.99. The zero-order valence-corrected chi connectivity index (χ0v) is 9.39. The maximum Gasteiger partial charge on any atom is 0.123 e. The van der Waals surface area contributed by atoms with E-state index in [1.807, 2.05) is 6.07 Å². The van der Waals surface area contributed by atoms with Crippen LogP contribution in [0.5, 0.6) is 0 Å². The minimum Gasteiger partial charge on any atom is -0.314 e. The van der Waals surface area contributed by atoms with Crippen LogP contribution in [-0.2, 0) is 0 Å². The van der Waals surface area contributed by atoms with Crippen LogP contribution in [0, 0.1) is 12.7 Å². The van der Waals surface area contributed by atoms with Gasteiger partial charge in [0.05, 0.1) is 0 Å². The molecule has 0 aromatic heterocycles. The van der Waals surface area contributed by atoms with E-state index in [0.29, 0.717) is 12.0 Å². The highest BCUT2D eigenvalue weighted by Gasteiger charge is 2.21. The van der Waals surface area contributed by atoms with Gasteiger partial charge < -0.3 is 5.32 Å². The summed E-state index contributed by atoms with van der Waals surface area (Å²) >= 11 is 0. The lowest BCUT2D eigenvalue weighted by molar-refractivity contribution is 0.379. The van der Waals surface area contributed by atoms with Crippen LogP contribution in [0.4, 0.5) is 4.39 Å². The van der Waals surface area contributed by atoms with E-state index in [1.165, 1.54) is 11.1 Å². The molecule has 1 aromatic rings. The highest BCUT2D eigenvalue weighted by Crippen LogP contribution is 2.30. The summed E-state index contributed by atoms with van der Waals surface area (Å²) in [6, 6.07) is 5.69. The van der Waals surface area contributed by atoms with Crippen molar-refractivity contribution in [1.82, 2.24) is 5.32 Å². The van der Waals surface area contributed by atoms with Crippen LogP contribution in [0.25, 0.3) is 0 Å². The maximum absolute atomic E-state index is 13.2. The van der Waals surface area contributed by atoms with Crippen molar-refractivity contribution in [2.75, 3.05) is 6.54 Å². The third kappa shape index (κ3) is 2.37. The molecule has 1 heterocycles. The summed E-state index contributed by atoms with van der Waals surface area (Å²) in [6.45, 7) is 5.31. The van der Waals surface area contributed by atoms with Crippen molar-refractivity contribution in [2.24, 2.45) is 0 Å². The molecule has 0 bridgehead atoms. The second-order valence-corrected chi connectivity index (χ2v) is 4.58. The molecule has 1 aliphatic rings. The van der Waals surface area contributed by atoms with Gasteiger partial charge in [-0.2, -0.15) is 0 Å². The van der Waals surface area contributed by atoms with E-state index in [2.05, 4.69) is 19.2 Å². The van der Waals surface area contributed by atoms with Crippen molar-refractivity contribution < 1.29 is 4.39 Å². The van der Waals surface area contributed by atoms with Gasteiger partial charge in [0.25, 0.3) is 0 Å². The second kappa shape index (κ2) is 4.31. The molecule has 82 valence electrons. The number of piperidine rings is 1. The van der Waals surface area contributed by atoms with Crippen molar-refractivity contribution in [3.63, 3.8) is 0 Å². The normalized spacial score (nSPS) is 26.6. The van der Waals surface area contributed by atoms with Crippen molar-refractivity contribution >= 4 is 0 Å². The van der Waals surface area contributed by atoms with Gasteiger partial charge in [0, 0.05) is 6.04 Å². The fourth-order valence-electron chi connectivity index (χ4n) is 2.47. The van der Waals surface area contributed by atoms with Gasteiger partial charge in [-0.25, -0.2) is 4.39 Å². The van der Waals surface area contributed by atoms with Gasteiger partial charge >= 0.3 is 0 Å². The summed E-state index contributed by atoms with van der Waals surface area (Å²) in [6.07, 6.45) is 2.24. The Morgan fingerprint density at radius 2 is 2.20 bits per heavy atom. The summed E-state index contributed by atoms with van der Waals surface area (Å²) in [7, 11) is 0. The fourth-order valence-corrected chi connectivity index (χ4v) is 2.47. The summed E-state index contributed by atoms with van der Waals surface area (Å²) in [5.74, 6) is 0.415. The van der Waals surface area contributed by atoms with E-state index in [9.17, 15) is 4.39 Å². The molecule has 2 atom stereocenters. The van der Waals surface area contributed by atoms with Crippen molar-refractivity contribution in [2.45, 2.75) is 38.6 Å². The van der Waals surface area contributed by atoms with E-state index < -0.39 is 0 Å². The monoisotopic (exact) mass is 207 g/mol. The van der Waals surface area contributed by atoms with E-state index in [4.69, 9.17) is 0 Å². The molecule has 0 amide bonds. The van der Waals surface area contributed by atoms with Crippen molar-refractivity contribution in [3.8, 4) is 0 Å². The molecule has 1 aliphatic heterocycles. The Labute approximate surface area is 90.7 Å². The summed E-state index contributed by atoms with van der Waals surface area (Å²) in [5, 5.41) is 3.42. The molecule has 1 aromatic carbocycles. The third-order valence-corrected chi connectivity index (χ3v) is 3.30. The molecule has 1 N–H and O–H groups in total. The Morgan fingerprint density at radius 3 is 2.93 bits per heavy atom. The Morgan fingerprint density at radius 1 is 1.40 bits per heavy atom.